The normalized spacial score (nSPS) is 14.7. The summed E-state index contributed by atoms with van der Waals surface area (Å²) in [6, 6.07) is 14.2. The van der Waals surface area contributed by atoms with Crippen LogP contribution in [0.2, 0.25) is 0 Å². The highest BCUT2D eigenvalue weighted by atomic mass is 16.5. The van der Waals surface area contributed by atoms with E-state index < -0.39 is 5.91 Å². The molecule has 0 fully saturated rings. The minimum absolute atomic E-state index is 0.171. The van der Waals surface area contributed by atoms with E-state index in [1.807, 2.05) is 24.3 Å². The van der Waals surface area contributed by atoms with Crippen LogP contribution in [0.3, 0.4) is 0 Å². The van der Waals surface area contributed by atoms with E-state index in [-0.39, 0.29) is 18.2 Å². The number of fused-ring (bicyclic) bond motifs is 1. The highest BCUT2D eigenvalue weighted by molar-refractivity contribution is 6.53. The van der Waals surface area contributed by atoms with Crippen LogP contribution in [0.4, 0.5) is 5.69 Å². The van der Waals surface area contributed by atoms with Crippen LogP contribution in [0.15, 0.2) is 58.7 Å². The number of anilines is 1. The van der Waals surface area contributed by atoms with Crippen molar-refractivity contribution in [3.8, 4) is 5.75 Å². The van der Waals surface area contributed by atoms with Crippen LogP contribution in [0.25, 0.3) is 0 Å². The zero-order valence-electron chi connectivity index (χ0n) is 12.6. The standard InChI is InChI=1S/C17H14N4O3/c18-15(22)10-24-12-7-5-11(6-8-12)9-19-21-16-13-3-1-2-4-14(13)20-17(16)23/h1-9H,10H2,(H2,18,22)(H,20,21,23)/b19-9-. The molecule has 0 saturated heterocycles. The summed E-state index contributed by atoms with van der Waals surface area (Å²) in [4.78, 5) is 22.5. The number of hydrogen-bond acceptors (Lipinski definition) is 5. The van der Waals surface area contributed by atoms with Crippen molar-refractivity contribution in [3.63, 3.8) is 0 Å². The number of primary amides is 1. The van der Waals surface area contributed by atoms with Gasteiger partial charge >= 0.3 is 0 Å². The number of hydrogen-bond donors (Lipinski definition) is 2. The number of nitrogens with two attached hydrogens (primary N) is 1. The van der Waals surface area contributed by atoms with Gasteiger partial charge in [0.05, 0.1) is 11.9 Å². The minimum atomic E-state index is -0.536. The van der Waals surface area contributed by atoms with E-state index in [2.05, 4.69) is 15.5 Å². The van der Waals surface area contributed by atoms with Crippen LogP contribution in [0.5, 0.6) is 5.75 Å². The van der Waals surface area contributed by atoms with E-state index in [1.54, 1.807) is 24.3 Å². The number of carbonyl (C=O) groups excluding carboxylic acids is 2. The van der Waals surface area contributed by atoms with Gasteiger partial charge in [0.2, 0.25) is 0 Å². The number of amides is 2. The molecule has 24 heavy (non-hydrogen) atoms. The molecule has 3 N–H and O–H groups in total. The smallest absolute Gasteiger partial charge is 0.276 e. The van der Waals surface area contributed by atoms with Crippen LogP contribution >= 0.6 is 0 Å². The maximum Gasteiger partial charge on any atom is 0.276 e. The molecule has 0 aliphatic carbocycles. The average molecular weight is 322 g/mol. The first-order valence-corrected chi connectivity index (χ1v) is 7.16. The second kappa shape index (κ2) is 6.74. The van der Waals surface area contributed by atoms with Crippen molar-refractivity contribution in [2.24, 2.45) is 15.9 Å². The third-order valence-corrected chi connectivity index (χ3v) is 3.27. The summed E-state index contributed by atoms with van der Waals surface area (Å²) in [5.41, 5.74) is 7.53. The second-order valence-corrected chi connectivity index (χ2v) is 5.02. The van der Waals surface area contributed by atoms with Gasteiger partial charge in [-0.3, -0.25) is 9.59 Å². The Balaban J connectivity index is 1.70. The zero-order chi connectivity index (χ0) is 16.9. The lowest BCUT2D eigenvalue weighted by atomic mass is 10.1. The molecule has 0 spiro atoms. The third-order valence-electron chi connectivity index (χ3n) is 3.27. The van der Waals surface area contributed by atoms with Gasteiger partial charge in [-0.15, -0.1) is 5.10 Å². The predicted molar refractivity (Wildman–Crippen MR) is 90.3 cm³/mol. The van der Waals surface area contributed by atoms with Gasteiger partial charge in [0.15, 0.2) is 12.3 Å². The molecular formula is C17H14N4O3. The molecule has 2 amide bonds. The Kier molecular flexibility index (Phi) is 4.33. The molecule has 7 heteroatoms. The number of rotatable bonds is 5. The van der Waals surface area contributed by atoms with E-state index in [0.717, 1.165) is 16.8 Å². The molecule has 1 aliphatic heterocycles. The summed E-state index contributed by atoms with van der Waals surface area (Å²) in [5, 5.41) is 10.7. The van der Waals surface area contributed by atoms with Gasteiger partial charge in [-0.2, -0.15) is 5.10 Å². The first-order chi connectivity index (χ1) is 11.6. The van der Waals surface area contributed by atoms with E-state index in [1.165, 1.54) is 6.21 Å². The van der Waals surface area contributed by atoms with E-state index in [0.29, 0.717) is 5.75 Å². The monoisotopic (exact) mass is 322 g/mol. The van der Waals surface area contributed by atoms with Crippen LogP contribution in [0.1, 0.15) is 11.1 Å². The molecule has 120 valence electrons. The maximum atomic E-state index is 11.9. The summed E-state index contributed by atoms with van der Waals surface area (Å²) >= 11 is 0. The Labute approximate surface area is 137 Å². The summed E-state index contributed by atoms with van der Waals surface area (Å²) < 4.78 is 5.16. The lowest BCUT2D eigenvalue weighted by Gasteiger charge is -2.02. The Hall–Kier alpha value is -3.48. The van der Waals surface area contributed by atoms with Crippen molar-refractivity contribution >= 4 is 29.4 Å². The van der Waals surface area contributed by atoms with Gasteiger partial charge in [0, 0.05) is 5.56 Å². The largest absolute Gasteiger partial charge is 0.484 e. The Morgan fingerprint density at radius 3 is 2.67 bits per heavy atom. The number of benzene rings is 2. The summed E-state index contributed by atoms with van der Waals surface area (Å²) in [5.74, 6) is -0.281. The van der Waals surface area contributed by atoms with Crippen molar-refractivity contribution in [2.45, 2.75) is 0 Å². The van der Waals surface area contributed by atoms with Crippen molar-refractivity contribution in [3.05, 3.63) is 59.7 Å². The Morgan fingerprint density at radius 1 is 1.17 bits per heavy atom. The predicted octanol–water partition coefficient (Wildman–Crippen LogP) is 1.33. The SMILES string of the molecule is NC(=O)COc1ccc(/C=N\N=C2\C(=O)Nc3ccccc32)cc1. The molecule has 0 bridgehead atoms. The molecule has 2 aromatic carbocycles. The fourth-order valence-electron chi connectivity index (χ4n) is 2.16. The second-order valence-electron chi connectivity index (χ2n) is 5.02. The summed E-state index contributed by atoms with van der Waals surface area (Å²) in [6.45, 7) is -0.171. The fraction of sp³-hybridized carbons (Fsp3) is 0.0588. The Morgan fingerprint density at radius 2 is 1.92 bits per heavy atom. The van der Waals surface area contributed by atoms with Gasteiger partial charge in [0.25, 0.3) is 11.8 Å². The maximum absolute atomic E-state index is 11.9. The van der Waals surface area contributed by atoms with Gasteiger partial charge in [0.1, 0.15) is 5.75 Å². The van der Waals surface area contributed by atoms with E-state index in [9.17, 15) is 9.59 Å². The van der Waals surface area contributed by atoms with Crippen molar-refractivity contribution in [1.29, 1.82) is 0 Å². The summed E-state index contributed by atoms with van der Waals surface area (Å²) in [7, 11) is 0. The Bertz CT molecular complexity index is 841. The molecule has 0 saturated carbocycles. The number of nitrogens with zero attached hydrogens (tertiary/aromatic N) is 2. The van der Waals surface area contributed by atoms with Crippen LogP contribution < -0.4 is 15.8 Å². The molecule has 0 radical (unpaired) electrons. The van der Waals surface area contributed by atoms with Crippen molar-refractivity contribution < 1.29 is 14.3 Å². The zero-order valence-corrected chi connectivity index (χ0v) is 12.6. The van der Waals surface area contributed by atoms with Gasteiger partial charge in [-0.1, -0.05) is 18.2 Å². The number of para-hydroxylation sites is 1. The van der Waals surface area contributed by atoms with Gasteiger partial charge in [-0.25, -0.2) is 0 Å². The number of nitrogens with one attached hydrogen (secondary N) is 1. The molecule has 3 rings (SSSR count). The molecule has 1 heterocycles. The highest BCUT2D eigenvalue weighted by Crippen LogP contribution is 2.22. The third kappa shape index (κ3) is 3.46. The van der Waals surface area contributed by atoms with Gasteiger partial charge < -0.3 is 15.8 Å². The van der Waals surface area contributed by atoms with E-state index >= 15 is 0 Å². The van der Waals surface area contributed by atoms with Gasteiger partial charge in [-0.05, 0) is 35.9 Å². The molecular weight excluding hydrogens is 308 g/mol. The molecule has 0 aromatic heterocycles. The first kappa shape index (κ1) is 15.4. The topological polar surface area (TPSA) is 106 Å². The molecule has 2 aromatic rings. The average Bonchev–Trinajstić information content (AvgIpc) is 2.90. The quantitative estimate of drug-likeness (QED) is 0.640. The molecule has 0 atom stereocenters. The van der Waals surface area contributed by atoms with Crippen LogP contribution in [0, 0.1) is 0 Å². The number of carbonyl (C=O) groups is 2. The summed E-state index contributed by atoms with van der Waals surface area (Å²) in [6.07, 6.45) is 1.53. The van der Waals surface area contributed by atoms with Crippen LogP contribution in [-0.2, 0) is 9.59 Å². The first-order valence-electron chi connectivity index (χ1n) is 7.16. The fourth-order valence-corrected chi connectivity index (χ4v) is 2.16. The van der Waals surface area contributed by atoms with E-state index in [4.69, 9.17) is 10.5 Å². The number of ether oxygens (including phenoxy) is 1. The van der Waals surface area contributed by atoms with Crippen molar-refractivity contribution in [1.82, 2.24) is 0 Å². The lowest BCUT2D eigenvalue weighted by molar-refractivity contribution is -0.120. The van der Waals surface area contributed by atoms with Crippen molar-refractivity contribution in [2.75, 3.05) is 11.9 Å². The lowest BCUT2D eigenvalue weighted by Crippen LogP contribution is -2.19. The minimum Gasteiger partial charge on any atom is -0.484 e. The van der Waals surface area contributed by atoms with Crippen LogP contribution in [-0.4, -0.2) is 30.3 Å². The molecule has 1 aliphatic rings. The highest BCUT2D eigenvalue weighted by Gasteiger charge is 2.25. The molecule has 0 unspecified atom stereocenters. The molecule has 7 nitrogen and oxygen atoms in total.